The molecule has 1 fully saturated rings. The molecule has 0 aromatic rings. The van der Waals surface area contributed by atoms with Crippen molar-refractivity contribution in [3.8, 4) is 0 Å². The van der Waals surface area contributed by atoms with E-state index in [9.17, 15) is 0 Å². The third-order valence-corrected chi connectivity index (χ3v) is 3.80. The van der Waals surface area contributed by atoms with Crippen molar-refractivity contribution in [1.82, 2.24) is 15.1 Å². The minimum atomic E-state index is 0.764. The Hall–Kier alpha value is -0.120. The van der Waals surface area contributed by atoms with Crippen molar-refractivity contribution >= 4 is 0 Å². The average Bonchev–Trinajstić information content (AvgIpc) is 2.19. The average molecular weight is 241 g/mol. The van der Waals surface area contributed by atoms with E-state index in [4.69, 9.17) is 0 Å². The van der Waals surface area contributed by atoms with Gasteiger partial charge in [-0.3, -0.25) is 0 Å². The summed E-state index contributed by atoms with van der Waals surface area (Å²) in [6.07, 6.45) is 2.79. The first-order valence-electron chi connectivity index (χ1n) is 7.06. The van der Waals surface area contributed by atoms with Gasteiger partial charge in [-0.05, 0) is 58.9 Å². The number of rotatable bonds is 8. The maximum atomic E-state index is 3.60. The van der Waals surface area contributed by atoms with Crippen LogP contribution in [0.1, 0.15) is 26.7 Å². The summed E-state index contributed by atoms with van der Waals surface area (Å²) in [4.78, 5) is 4.81. The summed E-state index contributed by atoms with van der Waals surface area (Å²) in [7, 11) is 6.58. The predicted molar refractivity (Wildman–Crippen MR) is 75.4 cm³/mol. The second kappa shape index (κ2) is 7.34. The first kappa shape index (κ1) is 14.9. The Bertz CT molecular complexity index is 204. The molecule has 0 amide bonds. The molecule has 0 radical (unpaired) electrons. The van der Waals surface area contributed by atoms with E-state index in [1.54, 1.807) is 0 Å². The molecule has 1 N–H and O–H groups in total. The number of nitrogens with one attached hydrogen (secondary N) is 1. The van der Waals surface area contributed by atoms with E-state index in [0.717, 1.165) is 24.4 Å². The molecule has 1 aliphatic rings. The first-order chi connectivity index (χ1) is 8.00. The largest absolute Gasteiger partial charge is 0.316 e. The van der Waals surface area contributed by atoms with E-state index in [1.165, 1.54) is 32.5 Å². The molecular weight excluding hydrogens is 210 g/mol. The maximum Gasteiger partial charge on any atom is 0.0133 e. The van der Waals surface area contributed by atoms with Crippen LogP contribution in [0.3, 0.4) is 0 Å². The summed E-state index contributed by atoms with van der Waals surface area (Å²) in [5.41, 5.74) is 0. The molecule has 0 aromatic carbocycles. The van der Waals surface area contributed by atoms with Crippen LogP contribution in [0.5, 0.6) is 0 Å². The highest BCUT2D eigenvalue weighted by Crippen LogP contribution is 2.30. The fourth-order valence-corrected chi connectivity index (χ4v) is 2.45. The van der Waals surface area contributed by atoms with Gasteiger partial charge in [0.25, 0.3) is 0 Å². The lowest BCUT2D eigenvalue weighted by atomic mass is 9.78. The summed E-state index contributed by atoms with van der Waals surface area (Å²) >= 11 is 0. The predicted octanol–water partition coefficient (Wildman–Crippen LogP) is 1.50. The van der Waals surface area contributed by atoms with Gasteiger partial charge in [0.05, 0.1) is 0 Å². The molecule has 102 valence electrons. The lowest BCUT2D eigenvalue weighted by Crippen LogP contribution is -2.50. The zero-order chi connectivity index (χ0) is 12.8. The van der Waals surface area contributed by atoms with Gasteiger partial charge in [0, 0.05) is 19.1 Å². The first-order valence-corrected chi connectivity index (χ1v) is 7.06. The van der Waals surface area contributed by atoms with Crippen molar-refractivity contribution in [2.24, 2.45) is 11.8 Å². The van der Waals surface area contributed by atoms with E-state index in [0.29, 0.717) is 0 Å². The van der Waals surface area contributed by atoms with E-state index in [-0.39, 0.29) is 0 Å². The molecule has 1 aliphatic carbocycles. The van der Waals surface area contributed by atoms with E-state index >= 15 is 0 Å². The van der Waals surface area contributed by atoms with Gasteiger partial charge in [0.2, 0.25) is 0 Å². The van der Waals surface area contributed by atoms with Crippen LogP contribution in [0.25, 0.3) is 0 Å². The Morgan fingerprint density at radius 2 is 1.82 bits per heavy atom. The lowest BCUT2D eigenvalue weighted by Gasteiger charge is -2.43. The van der Waals surface area contributed by atoms with Crippen molar-refractivity contribution < 1.29 is 0 Å². The van der Waals surface area contributed by atoms with Crippen LogP contribution >= 0.6 is 0 Å². The molecule has 0 aliphatic heterocycles. The van der Waals surface area contributed by atoms with Gasteiger partial charge >= 0.3 is 0 Å². The molecule has 17 heavy (non-hydrogen) atoms. The van der Waals surface area contributed by atoms with Crippen molar-refractivity contribution in [2.45, 2.75) is 32.7 Å². The summed E-state index contributed by atoms with van der Waals surface area (Å²) < 4.78 is 0. The van der Waals surface area contributed by atoms with Gasteiger partial charge in [-0.15, -0.1) is 0 Å². The fraction of sp³-hybridized carbons (Fsp3) is 1.00. The Kier molecular flexibility index (Phi) is 6.45. The van der Waals surface area contributed by atoms with Gasteiger partial charge in [-0.1, -0.05) is 13.8 Å². The molecule has 2 unspecified atom stereocenters. The third kappa shape index (κ3) is 5.36. The molecule has 0 spiro atoms. The van der Waals surface area contributed by atoms with Crippen LogP contribution in [0.2, 0.25) is 0 Å². The maximum absolute atomic E-state index is 3.60. The van der Waals surface area contributed by atoms with Crippen LogP contribution in [0, 0.1) is 11.8 Å². The van der Waals surface area contributed by atoms with Crippen LogP contribution < -0.4 is 5.32 Å². The Balaban J connectivity index is 2.16. The molecular formula is C14H31N3. The molecule has 3 heteroatoms. The molecule has 1 saturated carbocycles. The molecule has 1 rings (SSSR count). The highest BCUT2D eigenvalue weighted by molar-refractivity contribution is 4.89. The number of hydrogen-bond acceptors (Lipinski definition) is 3. The second-order valence-electron chi connectivity index (χ2n) is 6.24. The molecule has 2 atom stereocenters. The number of nitrogens with zero attached hydrogens (tertiary/aromatic N) is 2. The van der Waals surface area contributed by atoms with Gasteiger partial charge in [0.15, 0.2) is 0 Å². The molecule has 3 nitrogen and oxygen atoms in total. The zero-order valence-corrected chi connectivity index (χ0v) is 12.4. The lowest BCUT2D eigenvalue weighted by molar-refractivity contribution is 0.0781. The van der Waals surface area contributed by atoms with Crippen LogP contribution in [0.4, 0.5) is 0 Å². The minimum Gasteiger partial charge on any atom is -0.316 e. The van der Waals surface area contributed by atoms with Crippen LogP contribution in [0.15, 0.2) is 0 Å². The monoisotopic (exact) mass is 241 g/mol. The Morgan fingerprint density at radius 1 is 1.12 bits per heavy atom. The quantitative estimate of drug-likeness (QED) is 0.695. The zero-order valence-electron chi connectivity index (χ0n) is 12.4. The Labute approximate surface area is 108 Å². The summed E-state index contributed by atoms with van der Waals surface area (Å²) in [6.45, 7) is 9.26. The van der Waals surface area contributed by atoms with E-state index in [1.807, 2.05) is 0 Å². The minimum absolute atomic E-state index is 0.764. The SMILES string of the molecule is CC(C)CNCC1CCC1N(C)CCN(C)C. The van der Waals surface area contributed by atoms with E-state index < -0.39 is 0 Å². The van der Waals surface area contributed by atoms with Gasteiger partial charge in [0.1, 0.15) is 0 Å². The Morgan fingerprint density at radius 3 is 2.29 bits per heavy atom. The van der Waals surface area contributed by atoms with Crippen molar-refractivity contribution in [3.63, 3.8) is 0 Å². The highest BCUT2D eigenvalue weighted by Gasteiger charge is 2.33. The number of hydrogen-bond donors (Lipinski definition) is 1. The van der Waals surface area contributed by atoms with Gasteiger partial charge in [-0.2, -0.15) is 0 Å². The normalized spacial score (nSPS) is 24.7. The molecule has 0 saturated heterocycles. The summed E-state index contributed by atoms with van der Waals surface area (Å²) in [5, 5.41) is 3.60. The van der Waals surface area contributed by atoms with Gasteiger partial charge in [-0.25, -0.2) is 0 Å². The molecule has 0 bridgehead atoms. The molecule has 0 heterocycles. The molecule has 0 aromatic heterocycles. The van der Waals surface area contributed by atoms with Gasteiger partial charge < -0.3 is 15.1 Å². The standard InChI is InChI=1S/C14H31N3/c1-12(2)10-15-11-13-6-7-14(13)17(5)9-8-16(3)4/h12-15H,6-11H2,1-5H3. The fourth-order valence-electron chi connectivity index (χ4n) is 2.45. The van der Waals surface area contributed by atoms with E-state index in [2.05, 4.69) is 50.1 Å². The highest BCUT2D eigenvalue weighted by atomic mass is 15.2. The van der Waals surface area contributed by atoms with Crippen molar-refractivity contribution in [2.75, 3.05) is 47.3 Å². The summed E-state index contributed by atoms with van der Waals surface area (Å²) in [6, 6.07) is 0.814. The van der Waals surface area contributed by atoms with Crippen molar-refractivity contribution in [3.05, 3.63) is 0 Å². The smallest absolute Gasteiger partial charge is 0.0133 e. The van der Waals surface area contributed by atoms with Crippen LogP contribution in [-0.4, -0.2) is 63.2 Å². The topological polar surface area (TPSA) is 18.5 Å². The second-order valence-corrected chi connectivity index (χ2v) is 6.24. The van der Waals surface area contributed by atoms with Crippen molar-refractivity contribution in [1.29, 1.82) is 0 Å². The number of likely N-dealkylation sites (N-methyl/N-ethyl adjacent to an activating group) is 2. The third-order valence-electron chi connectivity index (χ3n) is 3.80. The summed E-state index contributed by atoms with van der Waals surface area (Å²) in [5.74, 6) is 1.64. The van der Waals surface area contributed by atoms with Crippen LogP contribution in [-0.2, 0) is 0 Å².